The highest BCUT2D eigenvalue weighted by atomic mass is 32.2. The Morgan fingerprint density at radius 3 is 2.59 bits per heavy atom. The molecule has 0 saturated heterocycles. The molecule has 1 saturated carbocycles. The fourth-order valence-electron chi connectivity index (χ4n) is 2.00. The number of hydrogen-bond donors (Lipinski definition) is 2. The zero-order valence-electron chi connectivity index (χ0n) is 10.9. The highest BCUT2D eigenvalue weighted by Gasteiger charge is 2.20. The van der Waals surface area contributed by atoms with Gasteiger partial charge in [-0.3, -0.25) is 4.79 Å². The van der Waals surface area contributed by atoms with Crippen LogP contribution in [0.1, 0.15) is 46.0 Å². The van der Waals surface area contributed by atoms with E-state index >= 15 is 0 Å². The van der Waals surface area contributed by atoms with Gasteiger partial charge in [-0.15, -0.1) is 11.8 Å². The molecular weight excluding hydrogens is 234 g/mol. The SMILES string of the molecule is CC(CO)CSC(C)C(=O)NC1CCCCC1. The molecule has 100 valence electrons. The molecule has 0 aliphatic heterocycles. The Kier molecular flexibility index (Phi) is 6.97. The zero-order valence-corrected chi connectivity index (χ0v) is 11.8. The summed E-state index contributed by atoms with van der Waals surface area (Å²) in [5, 5.41) is 12.1. The molecule has 0 aromatic carbocycles. The van der Waals surface area contributed by atoms with Crippen LogP contribution in [0.2, 0.25) is 0 Å². The van der Waals surface area contributed by atoms with E-state index in [0.29, 0.717) is 6.04 Å². The number of carbonyl (C=O) groups excluding carboxylic acids is 1. The molecule has 1 fully saturated rings. The van der Waals surface area contributed by atoms with Crippen LogP contribution in [0.25, 0.3) is 0 Å². The summed E-state index contributed by atoms with van der Waals surface area (Å²) >= 11 is 1.63. The number of amides is 1. The van der Waals surface area contributed by atoms with Crippen molar-refractivity contribution in [1.29, 1.82) is 0 Å². The number of thioether (sulfide) groups is 1. The first-order valence-electron chi connectivity index (χ1n) is 6.66. The first-order valence-corrected chi connectivity index (χ1v) is 7.71. The third kappa shape index (κ3) is 5.77. The normalized spacial score (nSPS) is 20.9. The Balaban J connectivity index is 2.21. The van der Waals surface area contributed by atoms with Crippen LogP contribution in [0, 0.1) is 5.92 Å². The van der Waals surface area contributed by atoms with Crippen LogP contribution in [0.5, 0.6) is 0 Å². The lowest BCUT2D eigenvalue weighted by Crippen LogP contribution is -2.40. The standard InChI is InChI=1S/C13H25NO2S/c1-10(8-15)9-17-11(2)13(16)14-12-6-4-3-5-7-12/h10-12,15H,3-9H2,1-2H3,(H,14,16). The highest BCUT2D eigenvalue weighted by Crippen LogP contribution is 2.19. The van der Waals surface area contributed by atoms with Gasteiger partial charge in [0.1, 0.15) is 0 Å². The third-order valence-electron chi connectivity index (χ3n) is 3.26. The van der Waals surface area contributed by atoms with Crippen molar-refractivity contribution in [1.82, 2.24) is 5.32 Å². The Labute approximate surface area is 109 Å². The van der Waals surface area contributed by atoms with E-state index in [9.17, 15) is 4.79 Å². The van der Waals surface area contributed by atoms with Gasteiger partial charge in [0.05, 0.1) is 5.25 Å². The average Bonchev–Trinajstić information content (AvgIpc) is 2.36. The van der Waals surface area contributed by atoms with Crippen LogP contribution in [-0.2, 0) is 4.79 Å². The molecule has 2 N–H and O–H groups in total. The van der Waals surface area contributed by atoms with E-state index in [2.05, 4.69) is 5.32 Å². The van der Waals surface area contributed by atoms with E-state index in [0.717, 1.165) is 18.6 Å². The fourth-order valence-corrected chi connectivity index (χ4v) is 2.94. The summed E-state index contributed by atoms with van der Waals surface area (Å²) in [7, 11) is 0. The second-order valence-electron chi connectivity index (χ2n) is 5.11. The molecule has 17 heavy (non-hydrogen) atoms. The number of rotatable bonds is 6. The predicted octanol–water partition coefficient (Wildman–Crippen LogP) is 2.19. The Bertz CT molecular complexity index is 229. The van der Waals surface area contributed by atoms with Gasteiger partial charge < -0.3 is 10.4 Å². The van der Waals surface area contributed by atoms with Gasteiger partial charge in [-0.25, -0.2) is 0 Å². The lowest BCUT2D eigenvalue weighted by molar-refractivity contribution is -0.121. The van der Waals surface area contributed by atoms with Gasteiger partial charge in [0.25, 0.3) is 0 Å². The predicted molar refractivity (Wildman–Crippen MR) is 73.2 cm³/mol. The minimum Gasteiger partial charge on any atom is -0.396 e. The van der Waals surface area contributed by atoms with Gasteiger partial charge in [-0.2, -0.15) is 0 Å². The maximum absolute atomic E-state index is 11.9. The van der Waals surface area contributed by atoms with Gasteiger partial charge in [-0.1, -0.05) is 26.2 Å². The molecule has 1 rings (SSSR count). The topological polar surface area (TPSA) is 49.3 Å². The highest BCUT2D eigenvalue weighted by molar-refractivity contribution is 8.00. The molecule has 0 aromatic rings. The number of nitrogens with one attached hydrogen (secondary N) is 1. The Morgan fingerprint density at radius 2 is 2.00 bits per heavy atom. The van der Waals surface area contributed by atoms with Crippen molar-refractivity contribution in [3.8, 4) is 0 Å². The van der Waals surface area contributed by atoms with Gasteiger partial charge in [-0.05, 0) is 31.4 Å². The molecule has 0 bridgehead atoms. The maximum Gasteiger partial charge on any atom is 0.233 e. The number of aliphatic hydroxyl groups excluding tert-OH is 1. The van der Waals surface area contributed by atoms with Crippen molar-refractivity contribution >= 4 is 17.7 Å². The van der Waals surface area contributed by atoms with Crippen LogP contribution in [0.4, 0.5) is 0 Å². The van der Waals surface area contributed by atoms with E-state index < -0.39 is 0 Å². The molecule has 0 spiro atoms. The molecule has 2 atom stereocenters. The van der Waals surface area contributed by atoms with E-state index in [1.54, 1.807) is 11.8 Å². The quantitative estimate of drug-likeness (QED) is 0.769. The van der Waals surface area contributed by atoms with Crippen molar-refractivity contribution in [3.63, 3.8) is 0 Å². The Morgan fingerprint density at radius 1 is 1.35 bits per heavy atom. The minimum atomic E-state index is -0.00840. The smallest absolute Gasteiger partial charge is 0.233 e. The molecule has 4 heteroatoms. The van der Waals surface area contributed by atoms with Gasteiger partial charge in [0.2, 0.25) is 5.91 Å². The van der Waals surface area contributed by atoms with Crippen molar-refractivity contribution in [3.05, 3.63) is 0 Å². The maximum atomic E-state index is 11.9. The summed E-state index contributed by atoms with van der Waals surface area (Å²) in [4.78, 5) is 11.9. The van der Waals surface area contributed by atoms with E-state index in [1.807, 2.05) is 13.8 Å². The lowest BCUT2D eigenvalue weighted by atomic mass is 9.95. The molecule has 1 aliphatic carbocycles. The Hall–Kier alpha value is -0.220. The zero-order chi connectivity index (χ0) is 12.7. The molecule has 1 aliphatic rings. The van der Waals surface area contributed by atoms with E-state index in [1.165, 1.54) is 19.3 Å². The van der Waals surface area contributed by atoms with Crippen molar-refractivity contribution in [2.75, 3.05) is 12.4 Å². The number of carbonyl (C=O) groups is 1. The van der Waals surface area contributed by atoms with Gasteiger partial charge in [0, 0.05) is 12.6 Å². The molecule has 0 radical (unpaired) electrons. The largest absolute Gasteiger partial charge is 0.396 e. The van der Waals surface area contributed by atoms with Gasteiger partial charge >= 0.3 is 0 Å². The summed E-state index contributed by atoms with van der Waals surface area (Å²) in [5.41, 5.74) is 0. The fraction of sp³-hybridized carbons (Fsp3) is 0.923. The van der Waals surface area contributed by atoms with Crippen LogP contribution >= 0.6 is 11.8 Å². The first kappa shape index (κ1) is 14.8. The third-order valence-corrected chi connectivity index (χ3v) is 4.74. The number of aliphatic hydroxyl groups is 1. The minimum absolute atomic E-state index is 0.00840. The van der Waals surface area contributed by atoms with Gasteiger partial charge in [0.15, 0.2) is 0 Å². The molecular formula is C13H25NO2S. The van der Waals surface area contributed by atoms with Crippen LogP contribution in [0.3, 0.4) is 0 Å². The van der Waals surface area contributed by atoms with Crippen molar-refractivity contribution in [2.45, 2.75) is 57.2 Å². The summed E-state index contributed by atoms with van der Waals surface area (Å²) in [5.74, 6) is 1.27. The lowest BCUT2D eigenvalue weighted by Gasteiger charge is -2.24. The van der Waals surface area contributed by atoms with E-state index in [-0.39, 0.29) is 23.7 Å². The summed E-state index contributed by atoms with van der Waals surface area (Å²) < 4.78 is 0. The monoisotopic (exact) mass is 259 g/mol. The van der Waals surface area contributed by atoms with Crippen LogP contribution < -0.4 is 5.32 Å². The summed E-state index contributed by atoms with van der Waals surface area (Å²) in [6, 6.07) is 0.398. The second kappa shape index (κ2) is 7.98. The molecule has 2 unspecified atom stereocenters. The molecule has 0 aromatic heterocycles. The first-order chi connectivity index (χ1) is 8.13. The second-order valence-corrected chi connectivity index (χ2v) is 6.48. The molecule has 0 heterocycles. The van der Waals surface area contributed by atoms with E-state index in [4.69, 9.17) is 5.11 Å². The van der Waals surface area contributed by atoms with Crippen molar-refractivity contribution in [2.24, 2.45) is 5.92 Å². The summed E-state index contributed by atoms with van der Waals surface area (Å²) in [6.45, 7) is 4.15. The summed E-state index contributed by atoms with van der Waals surface area (Å²) in [6.07, 6.45) is 6.07. The number of hydrogen-bond acceptors (Lipinski definition) is 3. The van der Waals surface area contributed by atoms with Crippen LogP contribution in [-0.4, -0.2) is 34.7 Å². The molecule has 3 nitrogen and oxygen atoms in total. The average molecular weight is 259 g/mol. The van der Waals surface area contributed by atoms with Crippen molar-refractivity contribution < 1.29 is 9.90 Å². The molecule has 1 amide bonds. The van der Waals surface area contributed by atoms with Crippen LogP contribution in [0.15, 0.2) is 0 Å².